The van der Waals surface area contributed by atoms with Crippen molar-refractivity contribution < 1.29 is 14.6 Å². The number of rotatable bonds is 11. The van der Waals surface area contributed by atoms with E-state index in [9.17, 15) is 4.79 Å². The van der Waals surface area contributed by atoms with Crippen LogP contribution in [0.3, 0.4) is 0 Å². The monoisotopic (exact) mass is 270 g/mol. The fourth-order valence-electron chi connectivity index (χ4n) is 2.80. The molecule has 2 unspecified atom stereocenters. The van der Waals surface area contributed by atoms with E-state index in [1.807, 2.05) is 0 Å². The lowest BCUT2D eigenvalue weighted by molar-refractivity contribution is -0.144. The van der Waals surface area contributed by atoms with Crippen LogP contribution < -0.4 is 0 Å². The van der Waals surface area contributed by atoms with Gasteiger partial charge in [-0.3, -0.25) is 4.79 Å². The summed E-state index contributed by atoms with van der Waals surface area (Å²) in [5, 5.41) is 8.86. The van der Waals surface area contributed by atoms with Crippen LogP contribution in [-0.2, 0) is 9.53 Å². The highest BCUT2D eigenvalue weighted by Crippen LogP contribution is 2.27. The molecule has 0 aromatic carbocycles. The Morgan fingerprint density at radius 1 is 1.05 bits per heavy atom. The highest BCUT2D eigenvalue weighted by atomic mass is 16.5. The Balaban J connectivity index is 1.94. The Kier molecular flexibility index (Phi) is 8.89. The van der Waals surface area contributed by atoms with Crippen molar-refractivity contribution in [3.63, 3.8) is 0 Å². The van der Waals surface area contributed by atoms with Gasteiger partial charge >= 0.3 is 5.97 Å². The first kappa shape index (κ1) is 16.5. The third-order valence-electron chi connectivity index (χ3n) is 4.02. The molecule has 1 fully saturated rings. The largest absolute Gasteiger partial charge is 0.462 e. The molecule has 3 nitrogen and oxygen atoms in total. The number of ether oxygens (including phenoxy) is 1. The minimum absolute atomic E-state index is 0.0518. The fraction of sp³-hybridized carbons (Fsp3) is 0.938. The van der Waals surface area contributed by atoms with E-state index in [1.54, 1.807) is 0 Å². The maximum absolute atomic E-state index is 11.5. The van der Waals surface area contributed by atoms with E-state index in [1.165, 1.54) is 44.9 Å². The molecule has 19 heavy (non-hydrogen) atoms. The SMILES string of the molecule is CCCCCCCCCCC1CC(CCO)C(=O)O1. The summed E-state index contributed by atoms with van der Waals surface area (Å²) in [6, 6.07) is 0. The summed E-state index contributed by atoms with van der Waals surface area (Å²) in [6.07, 6.45) is 13.0. The van der Waals surface area contributed by atoms with Crippen molar-refractivity contribution in [2.24, 2.45) is 5.92 Å². The molecule has 2 atom stereocenters. The topological polar surface area (TPSA) is 46.5 Å². The average molecular weight is 270 g/mol. The maximum Gasteiger partial charge on any atom is 0.309 e. The zero-order chi connectivity index (χ0) is 13.9. The first-order valence-corrected chi connectivity index (χ1v) is 8.09. The predicted octanol–water partition coefficient (Wildman–Crippen LogP) is 3.83. The third kappa shape index (κ3) is 6.95. The van der Waals surface area contributed by atoms with Crippen LogP contribution in [0.5, 0.6) is 0 Å². The number of aliphatic hydroxyl groups is 1. The van der Waals surface area contributed by atoms with Crippen LogP contribution >= 0.6 is 0 Å². The molecule has 0 aromatic heterocycles. The molecule has 1 heterocycles. The minimum Gasteiger partial charge on any atom is -0.462 e. The summed E-state index contributed by atoms with van der Waals surface area (Å²) in [6.45, 7) is 2.33. The van der Waals surface area contributed by atoms with Gasteiger partial charge in [0.15, 0.2) is 0 Å². The number of esters is 1. The molecule has 0 radical (unpaired) electrons. The zero-order valence-corrected chi connectivity index (χ0v) is 12.4. The van der Waals surface area contributed by atoms with E-state index < -0.39 is 0 Å². The molecule has 1 rings (SSSR count). The lowest BCUT2D eigenvalue weighted by Gasteiger charge is -2.08. The molecule has 1 saturated heterocycles. The number of carbonyl (C=O) groups excluding carboxylic acids is 1. The molecule has 1 aliphatic rings. The molecule has 1 aliphatic heterocycles. The van der Waals surface area contributed by atoms with Crippen molar-refractivity contribution in [3.8, 4) is 0 Å². The summed E-state index contributed by atoms with van der Waals surface area (Å²) in [5.74, 6) is -0.150. The number of hydrogen-bond acceptors (Lipinski definition) is 3. The van der Waals surface area contributed by atoms with Gasteiger partial charge in [-0.25, -0.2) is 0 Å². The van der Waals surface area contributed by atoms with Crippen molar-refractivity contribution >= 4 is 5.97 Å². The first-order valence-electron chi connectivity index (χ1n) is 8.09. The minimum atomic E-state index is -0.0985. The van der Waals surface area contributed by atoms with Gasteiger partial charge in [-0.15, -0.1) is 0 Å². The number of carbonyl (C=O) groups is 1. The van der Waals surface area contributed by atoms with E-state index in [-0.39, 0.29) is 24.6 Å². The Morgan fingerprint density at radius 2 is 1.68 bits per heavy atom. The van der Waals surface area contributed by atoms with Gasteiger partial charge in [0.2, 0.25) is 0 Å². The highest BCUT2D eigenvalue weighted by molar-refractivity contribution is 5.74. The van der Waals surface area contributed by atoms with Gasteiger partial charge < -0.3 is 9.84 Å². The first-order chi connectivity index (χ1) is 9.27. The zero-order valence-electron chi connectivity index (χ0n) is 12.4. The van der Waals surface area contributed by atoms with Gasteiger partial charge in [0.05, 0.1) is 5.92 Å². The van der Waals surface area contributed by atoms with E-state index in [2.05, 4.69) is 6.92 Å². The van der Waals surface area contributed by atoms with Crippen LogP contribution in [0, 0.1) is 5.92 Å². The molecule has 3 heteroatoms. The van der Waals surface area contributed by atoms with E-state index in [4.69, 9.17) is 9.84 Å². The molecule has 0 bridgehead atoms. The molecule has 0 saturated carbocycles. The smallest absolute Gasteiger partial charge is 0.309 e. The predicted molar refractivity (Wildman–Crippen MR) is 76.9 cm³/mol. The van der Waals surface area contributed by atoms with Crippen molar-refractivity contribution in [1.82, 2.24) is 0 Å². The molecule has 0 amide bonds. The van der Waals surface area contributed by atoms with Gasteiger partial charge in [0.1, 0.15) is 6.10 Å². The molecule has 112 valence electrons. The summed E-state index contributed by atoms with van der Waals surface area (Å²) >= 11 is 0. The Morgan fingerprint density at radius 3 is 2.32 bits per heavy atom. The molecule has 0 aliphatic carbocycles. The Labute approximate surface area is 117 Å². The second-order valence-corrected chi connectivity index (χ2v) is 5.77. The molecule has 0 aromatic rings. The number of cyclic esters (lactones) is 1. The van der Waals surface area contributed by atoms with Crippen LogP contribution in [0.25, 0.3) is 0 Å². The van der Waals surface area contributed by atoms with Crippen LogP contribution in [-0.4, -0.2) is 23.8 Å². The quantitative estimate of drug-likeness (QED) is 0.458. The fourth-order valence-corrected chi connectivity index (χ4v) is 2.80. The standard InChI is InChI=1S/C16H30O3/c1-2-3-4-5-6-7-8-9-10-15-13-14(11-12-17)16(18)19-15/h14-15,17H,2-13H2,1H3. The average Bonchev–Trinajstić information content (AvgIpc) is 2.74. The molecule has 0 spiro atoms. The summed E-state index contributed by atoms with van der Waals surface area (Å²) < 4.78 is 5.34. The second-order valence-electron chi connectivity index (χ2n) is 5.77. The maximum atomic E-state index is 11.5. The van der Waals surface area contributed by atoms with Gasteiger partial charge in [-0.05, 0) is 25.7 Å². The van der Waals surface area contributed by atoms with E-state index in [0.717, 1.165) is 19.3 Å². The molecular formula is C16H30O3. The summed E-state index contributed by atoms with van der Waals surface area (Å²) in [5.41, 5.74) is 0. The lowest BCUT2D eigenvalue weighted by Crippen LogP contribution is -2.08. The Hall–Kier alpha value is -0.570. The number of hydrogen-bond donors (Lipinski definition) is 1. The van der Waals surface area contributed by atoms with Crippen molar-refractivity contribution in [1.29, 1.82) is 0 Å². The number of unbranched alkanes of at least 4 members (excludes halogenated alkanes) is 7. The summed E-state index contributed by atoms with van der Waals surface area (Å²) in [7, 11) is 0. The lowest BCUT2D eigenvalue weighted by atomic mass is 9.98. The summed E-state index contributed by atoms with van der Waals surface area (Å²) in [4.78, 5) is 11.5. The second kappa shape index (κ2) is 10.2. The normalized spacial score (nSPS) is 22.7. The van der Waals surface area contributed by atoms with Crippen LogP contribution in [0.15, 0.2) is 0 Å². The number of aliphatic hydroxyl groups excluding tert-OH is 1. The molecule has 1 N–H and O–H groups in total. The van der Waals surface area contributed by atoms with Crippen molar-refractivity contribution in [2.45, 2.75) is 83.7 Å². The van der Waals surface area contributed by atoms with Gasteiger partial charge in [0.25, 0.3) is 0 Å². The molecular weight excluding hydrogens is 240 g/mol. The third-order valence-corrected chi connectivity index (χ3v) is 4.02. The van der Waals surface area contributed by atoms with Crippen LogP contribution in [0.4, 0.5) is 0 Å². The van der Waals surface area contributed by atoms with Crippen LogP contribution in [0.2, 0.25) is 0 Å². The van der Waals surface area contributed by atoms with Crippen LogP contribution in [0.1, 0.15) is 77.6 Å². The van der Waals surface area contributed by atoms with Crippen molar-refractivity contribution in [3.05, 3.63) is 0 Å². The van der Waals surface area contributed by atoms with Gasteiger partial charge in [0, 0.05) is 6.61 Å². The van der Waals surface area contributed by atoms with Gasteiger partial charge in [-0.2, -0.15) is 0 Å². The van der Waals surface area contributed by atoms with E-state index in [0.29, 0.717) is 6.42 Å². The van der Waals surface area contributed by atoms with Gasteiger partial charge in [-0.1, -0.05) is 51.9 Å². The van der Waals surface area contributed by atoms with Crippen molar-refractivity contribution in [2.75, 3.05) is 6.61 Å². The highest BCUT2D eigenvalue weighted by Gasteiger charge is 2.33. The van der Waals surface area contributed by atoms with E-state index >= 15 is 0 Å². The Bertz CT molecular complexity index is 240.